The summed E-state index contributed by atoms with van der Waals surface area (Å²) in [6.07, 6.45) is 2.50. The average molecular weight is 203 g/mol. The first-order valence-corrected chi connectivity index (χ1v) is 6.03. The molecule has 1 aliphatic heterocycles. The molecule has 0 radical (unpaired) electrons. The third kappa shape index (κ3) is 2.23. The maximum absolute atomic E-state index is 3.67. The van der Waals surface area contributed by atoms with E-state index in [1.54, 1.807) is 0 Å². The Kier molecular flexibility index (Phi) is 3.11. The molecule has 0 aliphatic carbocycles. The molecule has 82 valence electrons. The van der Waals surface area contributed by atoms with Crippen LogP contribution in [-0.2, 0) is 0 Å². The van der Waals surface area contributed by atoms with Crippen molar-refractivity contribution in [1.82, 2.24) is 5.32 Å². The molecule has 0 amide bonds. The summed E-state index contributed by atoms with van der Waals surface area (Å²) in [4.78, 5) is 0. The fourth-order valence-electron chi connectivity index (χ4n) is 2.77. The minimum atomic E-state index is 0.667. The van der Waals surface area contributed by atoms with Gasteiger partial charge in [-0.1, -0.05) is 36.8 Å². The molecule has 2 rings (SSSR count). The van der Waals surface area contributed by atoms with Crippen molar-refractivity contribution in [2.75, 3.05) is 0 Å². The molecule has 1 heterocycles. The van der Waals surface area contributed by atoms with Gasteiger partial charge in [0.1, 0.15) is 0 Å². The molecule has 1 N–H and O–H groups in total. The molecule has 1 aromatic carbocycles. The van der Waals surface area contributed by atoms with Crippen molar-refractivity contribution in [1.29, 1.82) is 0 Å². The summed E-state index contributed by atoms with van der Waals surface area (Å²) in [6.45, 7) is 6.74. The number of benzene rings is 1. The number of aryl methyl sites for hydroxylation is 1. The van der Waals surface area contributed by atoms with E-state index in [4.69, 9.17) is 0 Å². The molecular formula is C14H21N. The second-order valence-corrected chi connectivity index (χ2v) is 4.84. The Labute approximate surface area is 92.9 Å². The fraction of sp³-hybridized carbons (Fsp3) is 0.571. The first-order chi connectivity index (χ1) is 7.20. The van der Waals surface area contributed by atoms with E-state index in [1.165, 1.54) is 24.0 Å². The van der Waals surface area contributed by atoms with E-state index in [-0.39, 0.29) is 0 Å². The average Bonchev–Trinajstić information content (AvgIpc) is 2.59. The SMILES string of the molecule is CCC1NC(C)CC1c1cccc(C)c1. The molecule has 1 fully saturated rings. The van der Waals surface area contributed by atoms with Crippen LogP contribution in [0.15, 0.2) is 24.3 Å². The van der Waals surface area contributed by atoms with E-state index in [1.807, 2.05) is 0 Å². The summed E-state index contributed by atoms with van der Waals surface area (Å²) in [5.74, 6) is 0.713. The van der Waals surface area contributed by atoms with Gasteiger partial charge in [-0.3, -0.25) is 0 Å². The summed E-state index contributed by atoms with van der Waals surface area (Å²) in [6, 6.07) is 10.3. The van der Waals surface area contributed by atoms with Crippen LogP contribution in [0.4, 0.5) is 0 Å². The van der Waals surface area contributed by atoms with E-state index >= 15 is 0 Å². The molecule has 0 aromatic heterocycles. The zero-order chi connectivity index (χ0) is 10.8. The maximum atomic E-state index is 3.67. The lowest BCUT2D eigenvalue weighted by atomic mass is 9.89. The zero-order valence-electron chi connectivity index (χ0n) is 9.96. The van der Waals surface area contributed by atoms with E-state index in [2.05, 4.69) is 50.4 Å². The summed E-state index contributed by atoms with van der Waals surface area (Å²) < 4.78 is 0. The van der Waals surface area contributed by atoms with E-state index in [0.717, 1.165) is 0 Å². The smallest absolute Gasteiger partial charge is 0.0136 e. The van der Waals surface area contributed by atoms with Crippen molar-refractivity contribution in [2.24, 2.45) is 0 Å². The van der Waals surface area contributed by atoms with Gasteiger partial charge in [-0.05, 0) is 32.3 Å². The van der Waals surface area contributed by atoms with Crippen LogP contribution in [0.5, 0.6) is 0 Å². The van der Waals surface area contributed by atoms with Gasteiger partial charge < -0.3 is 5.32 Å². The van der Waals surface area contributed by atoms with Crippen LogP contribution in [0.3, 0.4) is 0 Å². The summed E-state index contributed by atoms with van der Waals surface area (Å²) in [5.41, 5.74) is 2.89. The van der Waals surface area contributed by atoms with Crippen LogP contribution < -0.4 is 5.32 Å². The summed E-state index contributed by atoms with van der Waals surface area (Å²) >= 11 is 0. The highest BCUT2D eigenvalue weighted by Gasteiger charge is 2.30. The van der Waals surface area contributed by atoms with Crippen molar-refractivity contribution in [3.8, 4) is 0 Å². The predicted molar refractivity (Wildman–Crippen MR) is 65.2 cm³/mol. The van der Waals surface area contributed by atoms with Gasteiger partial charge in [-0.25, -0.2) is 0 Å². The third-order valence-electron chi connectivity index (χ3n) is 3.50. The van der Waals surface area contributed by atoms with Gasteiger partial charge in [0.25, 0.3) is 0 Å². The minimum Gasteiger partial charge on any atom is -0.311 e. The number of rotatable bonds is 2. The van der Waals surface area contributed by atoms with Crippen LogP contribution in [0.25, 0.3) is 0 Å². The molecule has 0 saturated carbocycles. The van der Waals surface area contributed by atoms with Gasteiger partial charge in [0.15, 0.2) is 0 Å². The van der Waals surface area contributed by atoms with Crippen LogP contribution in [-0.4, -0.2) is 12.1 Å². The zero-order valence-corrected chi connectivity index (χ0v) is 9.96. The molecule has 1 nitrogen and oxygen atoms in total. The normalized spacial score (nSPS) is 30.7. The largest absolute Gasteiger partial charge is 0.311 e. The molecular weight excluding hydrogens is 182 g/mol. The summed E-state index contributed by atoms with van der Waals surface area (Å²) in [7, 11) is 0. The van der Waals surface area contributed by atoms with Crippen molar-refractivity contribution in [3.63, 3.8) is 0 Å². The van der Waals surface area contributed by atoms with Crippen LogP contribution >= 0.6 is 0 Å². The number of nitrogens with one attached hydrogen (secondary N) is 1. The van der Waals surface area contributed by atoms with Gasteiger partial charge in [0.2, 0.25) is 0 Å². The second kappa shape index (κ2) is 4.36. The predicted octanol–water partition coefficient (Wildman–Crippen LogP) is 3.24. The van der Waals surface area contributed by atoms with Crippen LogP contribution in [0, 0.1) is 6.92 Å². The number of hydrogen-bond acceptors (Lipinski definition) is 1. The van der Waals surface area contributed by atoms with Gasteiger partial charge in [0.05, 0.1) is 0 Å². The van der Waals surface area contributed by atoms with E-state index in [0.29, 0.717) is 18.0 Å². The molecule has 1 saturated heterocycles. The van der Waals surface area contributed by atoms with Gasteiger partial charge in [-0.2, -0.15) is 0 Å². The van der Waals surface area contributed by atoms with Crippen molar-refractivity contribution in [3.05, 3.63) is 35.4 Å². The quantitative estimate of drug-likeness (QED) is 0.778. The molecule has 1 aromatic rings. The standard InChI is InChI=1S/C14H21N/c1-4-14-13(9-11(3)15-14)12-7-5-6-10(2)8-12/h5-8,11,13-15H,4,9H2,1-3H3. The highest BCUT2D eigenvalue weighted by molar-refractivity contribution is 5.28. The number of hydrogen-bond donors (Lipinski definition) is 1. The molecule has 3 atom stereocenters. The minimum absolute atomic E-state index is 0.667. The Morgan fingerprint density at radius 2 is 2.20 bits per heavy atom. The van der Waals surface area contributed by atoms with Crippen molar-refractivity contribution >= 4 is 0 Å². The molecule has 0 bridgehead atoms. The maximum Gasteiger partial charge on any atom is 0.0136 e. The fourth-order valence-corrected chi connectivity index (χ4v) is 2.77. The topological polar surface area (TPSA) is 12.0 Å². The lowest BCUT2D eigenvalue weighted by Gasteiger charge is -2.18. The Bertz CT molecular complexity index is 332. The lowest BCUT2D eigenvalue weighted by Crippen LogP contribution is -2.28. The first kappa shape index (κ1) is 10.7. The van der Waals surface area contributed by atoms with E-state index < -0.39 is 0 Å². The molecule has 1 heteroatoms. The Morgan fingerprint density at radius 3 is 2.87 bits per heavy atom. The third-order valence-corrected chi connectivity index (χ3v) is 3.50. The van der Waals surface area contributed by atoms with Gasteiger partial charge in [-0.15, -0.1) is 0 Å². The molecule has 0 spiro atoms. The highest BCUT2D eigenvalue weighted by atomic mass is 15.0. The monoisotopic (exact) mass is 203 g/mol. The molecule has 1 aliphatic rings. The van der Waals surface area contributed by atoms with Crippen LogP contribution in [0.2, 0.25) is 0 Å². The van der Waals surface area contributed by atoms with Crippen LogP contribution in [0.1, 0.15) is 43.7 Å². The summed E-state index contributed by atoms with van der Waals surface area (Å²) in [5, 5.41) is 3.67. The van der Waals surface area contributed by atoms with Gasteiger partial charge in [0, 0.05) is 18.0 Å². The lowest BCUT2D eigenvalue weighted by molar-refractivity contribution is 0.517. The van der Waals surface area contributed by atoms with Crippen molar-refractivity contribution in [2.45, 2.75) is 51.6 Å². The first-order valence-electron chi connectivity index (χ1n) is 6.03. The Morgan fingerprint density at radius 1 is 1.40 bits per heavy atom. The Hall–Kier alpha value is -0.820. The molecule has 3 unspecified atom stereocenters. The van der Waals surface area contributed by atoms with E-state index in [9.17, 15) is 0 Å². The Balaban J connectivity index is 2.22. The van der Waals surface area contributed by atoms with Crippen molar-refractivity contribution < 1.29 is 0 Å². The highest BCUT2D eigenvalue weighted by Crippen LogP contribution is 2.32. The van der Waals surface area contributed by atoms with Gasteiger partial charge >= 0.3 is 0 Å². The molecule has 15 heavy (non-hydrogen) atoms. The second-order valence-electron chi connectivity index (χ2n) is 4.84.